The zero-order chi connectivity index (χ0) is 13.8. The topological polar surface area (TPSA) is 91.9 Å². The maximum Gasteiger partial charge on any atom is 0.371 e. The standard InChI is InChI=1S/C13H13NO5/c1-18-11-4-2-8(6-10(11)15)14-7-9-3-5-12(19-9)13(16)17/h2-6,14-15H,7H2,1H3,(H,16,17). The van der Waals surface area contributed by atoms with E-state index in [2.05, 4.69) is 5.32 Å². The van der Waals surface area contributed by atoms with Crippen molar-refractivity contribution in [2.24, 2.45) is 0 Å². The van der Waals surface area contributed by atoms with Crippen LogP contribution in [0.15, 0.2) is 34.7 Å². The summed E-state index contributed by atoms with van der Waals surface area (Å²) in [6.07, 6.45) is 0. The van der Waals surface area contributed by atoms with Crippen LogP contribution in [0.25, 0.3) is 0 Å². The lowest BCUT2D eigenvalue weighted by Crippen LogP contribution is -1.98. The van der Waals surface area contributed by atoms with Gasteiger partial charge in [0.05, 0.1) is 13.7 Å². The van der Waals surface area contributed by atoms with Crippen molar-refractivity contribution < 1.29 is 24.2 Å². The first-order valence-corrected chi connectivity index (χ1v) is 5.53. The maximum atomic E-state index is 10.6. The van der Waals surface area contributed by atoms with Gasteiger partial charge in [0.25, 0.3) is 0 Å². The van der Waals surface area contributed by atoms with Gasteiger partial charge in [0, 0.05) is 11.8 Å². The number of carboxylic acids is 1. The highest BCUT2D eigenvalue weighted by molar-refractivity contribution is 5.84. The average molecular weight is 263 g/mol. The molecule has 0 radical (unpaired) electrons. The molecule has 0 aliphatic rings. The third-order valence-electron chi connectivity index (χ3n) is 2.52. The Morgan fingerprint density at radius 3 is 2.74 bits per heavy atom. The first-order chi connectivity index (χ1) is 9.10. The third kappa shape index (κ3) is 2.98. The average Bonchev–Trinajstić information content (AvgIpc) is 2.85. The lowest BCUT2D eigenvalue weighted by atomic mass is 10.2. The van der Waals surface area contributed by atoms with Crippen molar-refractivity contribution in [2.45, 2.75) is 6.54 Å². The quantitative estimate of drug-likeness (QED) is 0.766. The van der Waals surface area contributed by atoms with Gasteiger partial charge in [0.1, 0.15) is 5.76 Å². The number of phenolic OH excluding ortho intramolecular Hbond substituents is 1. The Hall–Kier alpha value is -2.63. The molecule has 0 bridgehead atoms. The van der Waals surface area contributed by atoms with Crippen LogP contribution in [0.1, 0.15) is 16.3 Å². The smallest absolute Gasteiger partial charge is 0.371 e. The van der Waals surface area contributed by atoms with Gasteiger partial charge in [-0.05, 0) is 24.3 Å². The minimum atomic E-state index is -1.10. The molecule has 0 saturated carbocycles. The van der Waals surface area contributed by atoms with Crippen LogP contribution in [0.2, 0.25) is 0 Å². The van der Waals surface area contributed by atoms with E-state index in [0.29, 0.717) is 23.7 Å². The number of carbonyl (C=O) groups is 1. The summed E-state index contributed by atoms with van der Waals surface area (Å²) in [6, 6.07) is 7.85. The number of aromatic carboxylic acids is 1. The van der Waals surface area contributed by atoms with Crippen molar-refractivity contribution in [3.05, 3.63) is 41.9 Å². The molecule has 0 amide bonds. The van der Waals surface area contributed by atoms with Crippen molar-refractivity contribution in [1.29, 1.82) is 0 Å². The summed E-state index contributed by atoms with van der Waals surface area (Å²) in [5.74, 6) is -0.301. The number of anilines is 1. The highest BCUT2D eigenvalue weighted by Crippen LogP contribution is 2.28. The normalized spacial score (nSPS) is 10.2. The number of carboxylic acid groups (broad SMARTS) is 1. The fraction of sp³-hybridized carbons (Fsp3) is 0.154. The number of furan rings is 1. The van der Waals surface area contributed by atoms with E-state index in [1.54, 1.807) is 18.2 Å². The molecule has 0 fully saturated rings. The van der Waals surface area contributed by atoms with Crippen LogP contribution in [0, 0.1) is 0 Å². The number of ether oxygens (including phenoxy) is 1. The van der Waals surface area contributed by atoms with Gasteiger partial charge >= 0.3 is 5.97 Å². The lowest BCUT2D eigenvalue weighted by molar-refractivity contribution is 0.0660. The van der Waals surface area contributed by atoms with Crippen molar-refractivity contribution in [2.75, 3.05) is 12.4 Å². The number of hydrogen-bond acceptors (Lipinski definition) is 5. The Morgan fingerprint density at radius 2 is 2.16 bits per heavy atom. The summed E-state index contributed by atoms with van der Waals surface area (Å²) >= 11 is 0. The molecule has 0 unspecified atom stereocenters. The molecule has 100 valence electrons. The zero-order valence-corrected chi connectivity index (χ0v) is 10.2. The van der Waals surface area contributed by atoms with E-state index >= 15 is 0 Å². The van der Waals surface area contributed by atoms with Crippen LogP contribution in [-0.2, 0) is 6.54 Å². The molecule has 6 heteroatoms. The second-order valence-corrected chi connectivity index (χ2v) is 3.81. The van der Waals surface area contributed by atoms with Crippen molar-refractivity contribution in [3.63, 3.8) is 0 Å². The molecule has 0 atom stereocenters. The molecule has 3 N–H and O–H groups in total. The van der Waals surface area contributed by atoms with Crippen LogP contribution < -0.4 is 10.1 Å². The molecular formula is C13H13NO5. The highest BCUT2D eigenvalue weighted by Gasteiger charge is 2.09. The Balaban J connectivity index is 2.01. The summed E-state index contributed by atoms with van der Waals surface area (Å²) in [6.45, 7) is 0.319. The SMILES string of the molecule is COc1ccc(NCc2ccc(C(=O)O)o2)cc1O. The number of benzene rings is 1. The molecule has 6 nitrogen and oxygen atoms in total. The fourth-order valence-corrected chi connectivity index (χ4v) is 1.58. The Kier molecular flexibility index (Phi) is 3.61. The van der Waals surface area contributed by atoms with E-state index in [0.717, 1.165) is 0 Å². The number of phenols is 1. The van der Waals surface area contributed by atoms with Crippen molar-refractivity contribution in [1.82, 2.24) is 0 Å². The molecule has 1 heterocycles. The van der Waals surface area contributed by atoms with Crippen LogP contribution in [0.4, 0.5) is 5.69 Å². The largest absolute Gasteiger partial charge is 0.504 e. The van der Waals surface area contributed by atoms with Crippen LogP contribution in [0.5, 0.6) is 11.5 Å². The van der Waals surface area contributed by atoms with Crippen molar-refractivity contribution >= 4 is 11.7 Å². The minimum absolute atomic E-state index is 0.0261. The van der Waals surface area contributed by atoms with Crippen LogP contribution in [0.3, 0.4) is 0 Å². The third-order valence-corrected chi connectivity index (χ3v) is 2.52. The van der Waals surface area contributed by atoms with Gasteiger partial charge in [-0.2, -0.15) is 0 Å². The molecule has 1 aromatic heterocycles. The minimum Gasteiger partial charge on any atom is -0.504 e. The summed E-state index contributed by atoms with van der Waals surface area (Å²) < 4.78 is 10.0. The highest BCUT2D eigenvalue weighted by atomic mass is 16.5. The fourth-order valence-electron chi connectivity index (χ4n) is 1.58. The van der Waals surface area contributed by atoms with E-state index in [1.165, 1.54) is 19.2 Å². The number of methoxy groups -OCH3 is 1. The molecule has 2 aromatic rings. The Morgan fingerprint density at radius 1 is 1.37 bits per heavy atom. The molecule has 2 rings (SSSR count). The second kappa shape index (κ2) is 5.34. The molecule has 0 aliphatic heterocycles. The van der Waals surface area contributed by atoms with Gasteiger partial charge in [0.15, 0.2) is 11.5 Å². The van der Waals surface area contributed by atoms with E-state index in [9.17, 15) is 9.90 Å². The summed E-state index contributed by atoms with van der Waals surface area (Å²) in [5.41, 5.74) is 0.673. The number of nitrogens with one attached hydrogen (secondary N) is 1. The van der Waals surface area contributed by atoms with Gasteiger partial charge in [-0.1, -0.05) is 0 Å². The summed E-state index contributed by atoms with van der Waals surface area (Å²) in [7, 11) is 1.47. The number of hydrogen-bond donors (Lipinski definition) is 3. The predicted molar refractivity (Wildman–Crippen MR) is 67.7 cm³/mol. The number of aromatic hydroxyl groups is 1. The van der Waals surface area contributed by atoms with Crippen LogP contribution >= 0.6 is 0 Å². The van der Waals surface area contributed by atoms with E-state index in [-0.39, 0.29) is 11.5 Å². The molecule has 0 spiro atoms. The molecule has 0 aliphatic carbocycles. The molecule has 19 heavy (non-hydrogen) atoms. The predicted octanol–water partition coefficient (Wildman–Crippen LogP) is 2.30. The van der Waals surface area contributed by atoms with Gasteiger partial charge in [-0.15, -0.1) is 0 Å². The molecule has 0 saturated heterocycles. The number of rotatable bonds is 5. The van der Waals surface area contributed by atoms with Crippen molar-refractivity contribution in [3.8, 4) is 11.5 Å². The van der Waals surface area contributed by atoms with Crippen LogP contribution in [-0.4, -0.2) is 23.3 Å². The van der Waals surface area contributed by atoms with Gasteiger partial charge in [0.2, 0.25) is 5.76 Å². The van der Waals surface area contributed by atoms with Gasteiger partial charge < -0.3 is 24.7 Å². The van der Waals surface area contributed by atoms with E-state index in [4.69, 9.17) is 14.3 Å². The zero-order valence-electron chi connectivity index (χ0n) is 10.2. The maximum absolute atomic E-state index is 10.6. The van der Waals surface area contributed by atoms with Gasteiger partial charge in [-0.3, -0.25) is 0 Å². The summed E-state index contributed by atoms with van der Waals surface area (Å²) in [5, 5.41) is 21.3. The first-order valence-electron chi connectivity index (χ1n) is 5.53. The second-order valence-electron chi connectivity index (χ2n) is 3.81. The molecular weight excluding hydrogens is 250 g/mol. The lowest BCUT2D eigenvalue weighted by Gasteiger charge is -2.07. The molecule has 1 aromatic carbocycles. The monoisotopic (exact) mass is 263 g/mol. The van der Waals surface area contributed by atoms with E-state index < -0.39 is 5.97 Å². The Labute approximate surface area is 109 Å². The summed E-state index contributed by atoms with van der Waals surface area (Å²) in [4.78, 5) is 10.6. The Bertz CT molecular complexity index is 590. The van der Waals surface area contributed by atoms with E-state index in [1.807, 2.05) is 0 Å². The van der Waals surface area contributed by atoms with Gasteiger partial charge in [-0.25, -0.2) is 4.79 Å². The first kappa shape index (κ1) is 12.8.